The largest absolute Gasteiger partial charge is 0.472 e. The second-order valence-corrected chi connectivity index (χ2v) is 14.8. The Hall–Kier alpha value is -5.22. The molecule has 2 amide bonds. The molecule has 0 saturated carbocycles. The van der Waals surface area contributed by atoms with Gasteiger partial charge in [-0.15, -0.1) is 6.42 Å². The van der Waals surface area contributed by atoms with Crippen LogP contribution in [0.2, 0.25) is 0 Å². The Balaban J connectivity index is 1.48. The summed E-state index contributed by atoms with van der Waals surface area (Å²) in [7, 11) is 3.04. The molecule has 2 fully saturated rings. The van der Waals surface area contributed by atoms with Gasteiger partial charge in [-0.1, -0.05) is 12.0 Å². The van der Waals surface area contributed by atoms with Gasteiger partial charge in [0.05, 0.1) is 29.1 Å². The first-order valence-corrected chi connectivity index (χ1v) is 17.8. The quantitative estimate of drug-likeness (QED) is 0.170. The third-order valence-corrected chi connectivity index (χ3v) is 10.4. The molecule has 278 valence electrons. The van der Waals surface area contributed by atoms with Crippen LogP contribution < -0.4 is 19.7 Å². The minimum Gasteiger partial charge on any atom is -0.472 e. The zero-order valence-electron chi connectivity index (χ0n) is 30.9. The van der Waals surface area contributed by atoms with Crippen LogP contribution in [0.1, 0.15) is 63.8 Å². The number of pyridine rings is 2. The second-order valence-electron chi connectivity index (χ2n) is 14.8. The highest BCUT2D eigenvalue weighted by Crippen LogP contribution is 2.48. The third kappa shape index (κ3) is 6.22. The number of rotatable bonds is 7. The Labute approximate surface area is 306 Å². The van der Waals surface area contributed by atoms with Crippen LogP contribution in [0.25, 0.3) is 32.8 Å². The van der Waals surface area contributed by atoms with Gasteiger partial charge in [0.1, 0.15) is 34.8 Å². The highest BCUT2D eigenvalue weighted by Gasteiger charge is 2.53. The van der Waals surface area contributed by atoms with Crippen molar-refractivity contribution in [3.8, 4) is 35.2 Å². The van der Waals surface area contributed by atoms with E-state index in [-0.39, 0.29) is 77.1 Å². The van der Waals surface area contributed by atoms with Crippen LogP contribution >= 0.6 is 0 Å². The van der Waals surface area contributed by atoms with Gasteiger partial charge < -0.3 is 29.2 Å². The molecule has 1 N–H and O–H groups in total. The van der Waals surface area contributed by atoms with Gasteiger partial charge in [0, 0.05) is 49.2 Å². The summed E-state index contributed by atoms with van der Waals surface area (Å²) in [6.45, 7) is 9.51. The molecule has 0 aliphatic carbocycles. The van der Waals surface area contributed by atoms with E-state index in [0.29, 0.717) is 46.6 Å². The Morgan fingerprint density at radius 2 is 1.91 bits per heavy atom. The number of aromatic nitrogens is 2. The zero-order chi connectivity index (χ0) is 37.9. The number of benzene rings is 2. The number of anilines is 1. The van der Waals surface area contributed by atoms with Crippen molar-refractivity contribution in [2.45, 2.75) is 90.1 Å². The lowest BCUT2D eigenvalue weighted by atomic mass is 9.94. The van der Waals surface area contributed by atoms with Crippen LogP contribution in [0.3, 0.4) is 0 Å². The summed E-state index contributed by atoms with van der Waals surface area (Å²) in [6, 6.07) is 5.20. The molecular weight excluding hydrogens is 684 g/mol. The molecule has 0 unspecified atom stereocenters. The smallest absolute Gasteiger partial charge is 0.410 e. The predicted octanol–water partition coefficient (Wildman–Crippen LogP) is 6.42. The van der Waals surface area contributed by atoms with Crippen molar-refractivity contribution in [1.29, 1.82) is 0 Å². The zero-order valence-corrected chi connectivity index (χ0v) is 30.9. The number of aryl methyl sites for hydroxylation is 2. The highest BCUT2D eigenvalue weighted by molar-refractivity contribution is 6.06. The Bertz CT molecular complexity index is 2200. The fourth-order valence-corrected chi connectivity index (χ4v) is 8.16. The lowest BCUT2D eigenvalue weighted by Gasteiger charge is -2.48. The number of carbonyl (C=O) groups is 2. The molecule has 0 radical (unpaired) electrons. The van der Waals surface area contributed by atoms with E-state index in [1.165, 1.54) is 13.2 Å². The summed E-state index contributed by atoms with van der Waals surface area (Å²) < 4.78 is 56.4. The van der Waals surface area contributed by atoms with Crippen LogP contribution in [-0.4, -0.2) is 84.2 Å². The minimum atomic E-state index is -0.686. The topological polar surface area (TPSA) is 115 Å². The van der Waals surface area contributed by atoms with Gasteiger partial charge in [-0.25, -0.2) is 23.5 Å². The van der Waals surface area contributed by atoms with Crippen LogP contribution in [0.5, 0.6) is 11.6 Å². The van der Waals surface area contributed by atoms with Crippen LogP contribution in [0, 0.1) is 30.9 Å². The number of ether oxygens (including phenoxy) is 4. The summed E-state index contributed by atoms with van der Waals surface area (Å²) in [5.41, 5.74) is 0.394. The average Bonchev–Trinajstić information content (AvgIpc) is 3.37. The molecule has 4 aromatic rings. The fraction of sp³-hybridized carbons (Fsp3) is 0.450. The monoisotopic (exact) mass is 727 g/mol. The van der Waals surface area contributed by atoms with Gasteiger partial charge in [-0.05, 0) is 83.0 Å². The van der Waals surface area contributed by atoms with E-state index in [2.05, 4.69) is 16.1 Å². The average molecular weight is 728 g/mol. The molecule has 53 heavy (non-hydrogen) atoms. The van der Waals surface area contributed by atoms with Crippen molar-refractivity contribution < 1.29 is 37.3 Å². The number of hydrogen-bond donors (Lipinski definition) is 1. The number of carbonyl (C=O) groups excluding carboxylic acids is 2. The van der Waals surface area contributed by atoms with Crippen LogP contribution in [-0.2, 0) is 20.7 Å². The molecule has 2 saturated heterocycles. The van der Waals surface area contributed by atoms with Crippen molar-refractivity contribution in [3.63, 3.8) is 0 Å². The molecule has 3 aliphatic rings. The van der Waals surface area contributed by atoms with E-state index in [0.717, 1.165) is 6.42 Å². The summed E-state index contributed by atoms with van der Waals surface area (Å²) >= 11 is 0. The van der Waals surface area contributed by atoms with Gasteiger partial charge in [0.2, 0.25) is 11.8 Å². The second kappa shape index (κ2) is 13.6. The van der Waals surface area contributed by atoms with E-state index >= 15 is 8.78 Å². The lowest BCUT2D eigenvalue weighted by molar-refractivity contribution is -0.120. The number of nitrogens with zero attached hydrogens (tertiary/aromatic N) is 4. The van der Waals surface area contributed by atoms with Crippen LogP contribution in [0.15, 0.2) is 24.3 Å². The van der Waals surface area contributed by atoms with E-state index in [4.69, 9.17) is 35.3 Å². The van der Waals surface area contributed by atoms with E-state index in [1.54, 1.807) is 32.2 Å². The molecular formula is C40H43F2N5O6. The van der Waals surface area contributed by atoms with E-state index in [1.807, 2.05) is 32.6 Å². The van der Waals surface area contributed by atoms with Crippen molar-refractivity contribution >= 4 is 39.4 Å². The maximum atomic E-state index is 17.7. The van der Waals surface area contributed by atoms with Crippen molar-refractivity contribution in [2.75, 3.05) is 32.4 Å². The highest BCUT2D eigenvalue weighted by atomic mass is 19.1. The van der Waals surface area contributed by atoms with Gasteiger partial charge >= 0.3 is 6.09 Å². The molecule has 3 aliphatic heterocycles. The Morgan fingerprint density at radius 1 is 1.13 bits per heavy atom. The first kappa shape index (κ1) is 36.2. The number of hydrogen-bond acceptors (Lipinski definition) is 9. The summed E-state index contributed by atoms with van der Waals surface area (Å²) in [5, 5.41) is 4.04. The van der Waals surface area contributed by atoms with Gasteiger partial charge in [0.25, 0.3) is 0 Å². The maximum Gasteiger partial charge on any atom is 0.410 e. The van der Waals surface area contributed by atoms with Gasteiger partial charge in [0.15, 0.2) is 12.6 Å². The number of piperazine rings is 1. The number of methoxy groups -OCH3 is 1. The molecule has 2 aromatic heterocycles. The molecule has 2 bridgehead atoms. The summed E-state index contributed by atoms with van der Waals surface area (Å²) in [5.74, 6) is 1.87. The van der Waals surface area contributed by atoms with Crippen molar-refractivity contribution in [2.24, 2.45) is 0 Å². The first-order chi connectivity index (χ1) is 25.3. The molecule has 11 nitrogen and oxygen atoms in total. The van der Waals surface area contributed by atoms with Crippen molar-refractivity contribution in [1.82, 2.24) is 20.2 Å². The Kier molecular flexibility index (Phi) is 9.30. The number of fused-ring (bicyclic) bond motifs is 6. The summed E-state index contributed by atoms with van der Waals surface area (Å²) in [4.78, 5) is 40.0. The molecule has 7 rings (SSSR count). The Morgan fingerprint density at radius 3 is 2.60 bits per heavy atom. The van der Waals surface area contributed by atoms with Crippen molar-refractivity contribution in [3.05, 3.63) is 52.7 Å². The number of halogens is 2. The molecule has 2 aromatic carbocycles. The van der Waals surface area contributed by atoms with E-state index < -0.39 is 29.4 Å². The SMILES string of the molecule is C#Cc1c(F)ccc2cc(OCOC)cc(-c3nc4c5c(nc(CCC(=O)NC)c(C)c5c3F)N3C[C@H]5CC[C@@H]([C@H]3[C@H](C)O4)N5C(=O)OC(C)(C)C)c12. The van der Waals surface area contributed by atoms with Crippen LogP contribution in [0.4, 0.5) is 19.4 Å². The standard InChI is InChI=1S/C40H43F2N5O6/c1-9-25-27(41)12-10-22-16-24(51-19-50-8)17-26(32(22)25)35-34(42)31-20(2)28(13-15-30(48)43-7)44-37-33(31)38(45-35)52-21(3)36-29-14-11-23(18-46(36)37)47(29)39(49)53-40(4,5)6/h1,10,12,16-17,21,23,29,36H,11,13-15,18-19H2,2-8H3,(H,43,48)/t21-,23+,29-,36+/m0/s1. The molecule has 4 atom stereocenters. The number of nitrogens with one attached hydrogen (secondary N) is 1. The lowest BCUT2D eigenvalue weighted by Crippen LogP contribution is -2.65. The number of terminal acetylenes is 1. The maximum absolute atomic E-state index is 17.7. The van der Waals surface area contributed by atoms with Gasteiger partial charge in [-0.3, -0.25) is 9.69 Å². The third-order valence-electron chi connectivity index (χ3n) is 10.4. The first-order valence-electron chi connectivity index (χ1n) is 17.8. The summed E-state index contributed by atoms with van der Waals surface area (Å²) in [6.07, 6.45) is 6.74. The van der Waals surface area contributed by atoms with E-state index in [9.17, 15) is 9.59 Å². The normalized spacial score (nSPS) is 20.5. The predicted molar refractivity (Wildman–Crippen MR) is 196 cm³/mol. The van der Waals surface area contributed by atoms with Gasteiger partial charge in [-0.2, -0.15) is 0 Å². The minimum absolute atomic E-state index is 0.0500. The molecule has 5 heterocycles. The molecule has 0 spiro atoms. The number of amides is 2. The fourth-order valence-electron chi connectivity index (χ4n) is 8.16. The molecule has 13 heteroatoms.